The number of amides is 1. The van der Waals surface area contributed by atoms with Crippen molar-refractivity contribution < 1.29 is 19.0 Å². The number of aliphatic hydroxyl groups is 1. The zero-order valence-electron chi connectivity index (χ0n) is 13.3. The van der Waals surface area contributed by atoms with Crippen molar-refractivity contribution in [2.45, 2.75) is 12.0 Å². The third kappa shape index (κ3) is 3.47. The van der Waals surface area contributed by atoms with Gasteiger partial charge >= 0.3 is 0 Å². The SMILES string of the molecule is O=C(c1ccccc1)N1CCO[C@](CO)(Cc2ccccc2F)C1. The molecule has 126 valence electrons. The maximum absolute atomic E-state index is 14.0. The van der Waals surface area contributed by atoms with Crippen LogP contribution in [0.4, 0.5) is 4.39 Å². The Balaban J connectivity index is 1.79. The molecule has 0 unspecified atom stereocenters. The Hall–Kier alpha value is -2.24. The number of carbonyl (C=O) groups excluding carboxylic acids is 1. The molecule has 5 heteroatoms. The Labute approximate surface area is 140 Å². The number of carbonyl (C=O) groups is 1. The second kappa shape index (κ2) is 7.11. The zero-order chi connectivity index (χ0) is 17.0. The highest BCUT2D eigenvalue weighted by atomic mass is 19.1. The molecule has 0 aliphatic carbocycles. The molecule has 0 spiro atoms. The smallest absolute Gasteiger partial charge is 0.254 e. The summed E-state index contributed by atoms with van der Waals surface area (Å²) >= 11 is 0. The average molecular weight is 329 g/mol. The highest BCUT2D eigenvalue weighted by Gasteiger charge is 2.38. The van der Waals surface area contributed by atoms with E-state index in [1.54, 1.807) is 35.2 Å². The van der Waals surface area contributed by atoms with Gasteiger partial charge < -0.3 is 14.7 Å². The summed E-state index contributed by atoms with van der Waals surface area (Å²) in [6, 6.07) is 15.4. The van der Waals surface area contributed by atoms with E-state index in [9.17, 15) is 14.3 Å². The van der Waals surface area contributed by atoms with Crippen molar-refractivity contribution >= 4 is 5.91 Å². The average Bonchev–Trinajstić information content (AvgIpc) is 2.64. The molecule has 1 fully saturated rings. The largest absolute Gasteiger partial charge is 0.393 e. The summed E-state index contributed by atoms with van der Waals surface area (Å²) in [6.45, 7) is 0.714. The normalized spacial score (nSPS) is 20.8. The minimum atomic E-state index is -0.981. The molecule has 1 heterocycles. The number of halogens is 1. The number of nitrogens with zero attached hydrogens (tertiary/aromatic N) is 1. The van der Waals surface area contributed by atoms with Crippen LogP contribution in [0.25, 0.3) is 0 Å². The Morgan fingerprint density at radius 1 is 1.17 bits per heavy atom. The summed E-state index contributed by atoms with van der Waals surface area (Å²) in [5, 5.41) is 9.88. The summed E-state index contributed by atoms with van der Waals surface area (Å²) in [5.41, 5.74) is 0.0860. The molecule has 1 amide bonds. The van der Waals surface area contributed by atoms with Crippen molar-refractivity contribution in [3.05, 3.63) is 71.5 Å². The highest BCUT2D eigenvalue weighted by molar-refractivity contribution is 5.94. The molecular formula is C19H20FNO3. The van der Waals surface area contributed by atoms with Gasteiger partial charge in [0.2, 0.25) is 0 Å². The number of hydrogen-bond donors (Lipinski definition) is 1. The van der Waals surface area contributed by atoms with Crippen LogP contribution in [0.15, 0.2) is 54.6 Å². The lowest BCUT2D eigenvalue weighted by molar-refractivity contribution is -0.123. The lowest BCUT2D eigenvalue weighted by atomic mass is 9.92. The maximum Gasteiger partial charge on any atom is 0.254 e. The molecule has 1 N–H and O–H groups in total. The zero-order valence-corrected chi connectivity index (χ0v) is 13.3. The quantitative estimate of drug-likeness (QED) is 0.936. The molecule has 1 aliphatic heterocycles. The van der Waals surface area contributed by atoms with E-state index in [0.717, 1.165) is 0 Å². The molecular weight excluding hydrogens is 309 g/mol. The first-order valence-electron chi connectivity index (χ1n) is 7.96. The van der Waals surface area contributed by atoms with Crippen LogP contribution in [0.5, 0.6) is 0 Å². The Bertz CT molecular complexity index is 707. The summed E-state index contributed by atoms with van der Waals surface area (Å²) in [6.07, 6.45) is 0.217. The van der Waals surface area contributed by atoms with Gasteiger partial charge in [-0.1, -0.05) is 36.4 Å². The molecule has 0 aromatic heterocycles. The van der Waals surface area contributed by atoms with Crippen molar-refractivity contribution in [1.82, 2.24) is 4.90 Å². The van der Waals surface area contributed by atoms with E-state index < -0.39 is 5.60 Å². The molecule has 0 radical (unpaired) electrons. The van der Waals surface area contributed by atoms with Crippen molar-refractivity contribution in [2.75, 3.05) is 26.3 Å². The Kier molecular flexibility index (Phi) is 4.92. The van der Waals surface area contributed by atoms with Crippen LogP contribution >= 0.6 is 0 Å². The van der Waals surface area contributed by atoms with Crippen LogP contribution in [-0.2, 0) is 11.2 Å². The third-order valence-electron chi connectivity index (χ3n) is 4.32. The van der Waals surface area contributed by atoms with E-state index in [1.807, 2.05) is 18.2 Å². The highest BCUT2D eigenvalue weighted by Crippen LogP contribution is 2.25. The minimum Gasteiger partial charge on any atom is -0.393 e. The van der Waals surface area contributed by atoms with Crippen LogP contribution in [0.1, 0.15) is 15.9 Å². The Morgan fingerprint density at radius 2 is 1.88 bits per heavy atom. The van der Waals surface area contributed by atoms with E-state index in [-0.39, 0.29) is 31.3 Å². The molecule has 1 atom stereocenters. The van der Waals surface area contributed by atoms with Gasteiger partial charge in [-0.15, -0.1) is 0 Å². The van der Waals surface area contributed by atoms with E-state index >= 15 is 0 Å². The number of hydrogen-bond acceptors (Lipinski definition) is 3. The van der Waals surface area contributed by atoms with Gasteiger partial charge in [0.15, 0.2) is 0 Å². The molecule has 2 aromatic rings. The molecule has 0 saturated carbocycles. The van der Waals surface area contributed by atoms with Crippen LogP contribution in [0.2, 0.25) is 0 Å². The van der Waals surface area contributed by atoms with E-state index in [1.165, 1.54) is 6.07 Å². The molecule has 1 saturated heterocycles. The summed E-state index contributed by atoms with van der Waals surface area (Å²) in [4.78, 5) is 14.3. The van der Waals surface area contributed by atoms with Crippen molar-refractivity contribution in [1.29, 1.82) is 0 Å². The third-order valence-corrected chi connectivity index (χ3v) is 4.32. The van der Waals surface area contributed by atoms with Gasteiger partial charge in [0, 0.05) is 18.5 Å². The minimum absolute atomic E-state index is 0.106. The van der Waals surface area contributed by atoms with Gasteiger partial charge in [-0.05, 0) is 23.8 Å². The lowest BCUT2D eigenvalue weighted by Crippen LogP contribution is -2.56. The Morgan fingerprint density at radius 3 is 2.58 bits per heavy atom. The summed E-state index contributed by atoms with van der Waals surface area (Å²) in [5.74, 6) is -0.439. The standard InChI is InChI=1S/C19H20FNO3/c20-17-9-5-4-8-16(17)12-19(14-22)13-21(10-11-24-19)18(23)15-6-2-1-3-7-15/h1-9,22H,10-14H2/t19-/m1/s1. The molecule has 4 nitrogen and oxygen atoms in total. The van der Waals surface area contributed by atoms with Gasteiger partial charge in [0.25, 0.3) is 5.91 Å². The second-order valence-electron chi connectivity index (χ2n) is 6.05. The van der Waals surface area contributed by atoms with Crippen LogP contribution in [-0.4, -0.2) is 47.8 Å². The number of rotatable bonds is 4. The maximum atomic E-state index is 14.0. The molecule has 1 aliphatic rings. The van der Waals surface area contributed by atoms with Gasteiger partial charge in [-0.3, -0.25) is 4.79 Å². The fourth-order valence-electron chi connectivity index (χ4n) is 3.03. The molecule has 3 rings (SSSR count). The van der Waals surface area contributed by atoms with Crippen LogP contribution in [0, 0.1) is 5.82 Å². The summed E-state index contributed by atoms with van der Waals surface area (Å²) < 4.78 is 19.7. The number of morpholine rings is 1. The summed E-state index contributed by atoms with van der Waals surface area (Å²) in [7, 11) is 0. The van der Waals surface area contributed by atoms with Gasteiger partial charge in [-0.25, -0.2) is 4.39 Å². The molecule has 24 heavy (non-hydrogen) atoms. The monoisotopic (exact) mass is 329 g/mol. The second-order valence-corrected chi connectivity index (χ2v) is 6.05. The van der Waals surface area contributed by atoms with Crippen LogP contribution < -0.4 is 0 Å². The van der Waals surface area contributed by atoms with E-state index in [4.69, 9.17) is 4.74 Å². The van der Waals surface area contributed by atoms with E-state index in [2.05, 4.69) is 0 Å². The topological polar surface area (TPSA) is 49.8 Å². The van der Waals surface area contributed by atoms with Gasteiger partial charge in [-0.2, -0.15) is 0 Å². The first kappa shape index (κ1) is 16.6. The fourth-order valence-corrected chi connectivity index (χ4v) is 3.03. The number of ether oxygens (including phenoxy) is 1. The lowest BCUT2D eigenvalue weighted by Gasteiger charge is -2.42. The molecule has 0 bridgehead atoms. The number of benzene rings is 2. The van der Waals surface area contributed by atoms with Crippen LogP contribution in [0.3, 0.4) is 0 Å². The molecule has 2 aromatic carbocycles. The van der Waals surface area contributed by atoms with Crippen molar-refractivity contribution in [3.8, 4) is 0 Å². The fraction of sp³-hybridized carbons (Fsp3) is 0.316. The predicted octanol–water partition coefficient (Wildman–Crippen LogP) is 2.27. The number of aliphatic hydroxyl groups excluding tert-OH is 1. The van der Waals surface area contributed by atoms with Crippen molar-refractivity contribution in [2.24, 2.45) is 0 Å². The van der Waals surface area contributed by atoms with Gasteiger partial charge in [0.1, 0.15) is 11.4 Å². The van der Waals surface area contributed by atoms with Gasteiger partial charge in [0.05, 0.1) is 19.8 Å². The van der Waals surface area contributed by atoms with Crippen molar-refractivity contribution in [3.63, 3.8) is 0 Å². The first-order valence-corrected chi connectivity index (χ1v) is 7.96. The van der Waals surface area contributed by atoms with E-state index in [0.29, 0.717) is 24.3 Å². The first-order chi connectivity index (χ1) is 11.6. The predicted molar refractivity (Wildman–Crippen MR) is 88.2 cm³/mol.